The van der Waals surface area contributed by atoms with E-state index in [0.29, 0.717) is 5.92 Å². The smallest absolute Gasteiger partial charge is 0.0343 e. The molecule has 2 rings (SSSR count). The highest BCUT2D eigenvalue weighted by Crippen LogP contribution is 2.05. The molecule has 0 N–H and O–H groups in total. The van der Waals surface area contributed by atoms with Crippen molar-refractivity contribution in [1.29, 1.82) is 0 Å². The number of nitrogens with zero attached hydrogens (tertiary/aromatic N) is 1. The molecule has 0 aromatic carbocycles. The minimum Gasteiger partial charge on any atom is -0.264 e. The highest BCUT2D eigenvalue weighted by molar-refractivity contribution is 5.38. The molecule has 1 nitrogen and oxygen atoms in total. The topological polar surface area (TPSA) is 12.9 Å². The molecule has 1 atom stereocenters. The molecule has 0 fully saturated rings. The SMILES string of the molecule is CC1C=c2cnccc2=CC1. The molecule has 0 aliphatic heterocycles. The second-order valence-electron chi connectivity index (χ2n) is 3.09. The second-order valence-corrected chi connectivity index (χ2v) is 3.09. The normalized spacial score (nSPS) is 21.4. The average molecular weight is 145 g/mol. The van der Waals surface area contributed by atoms with Crippen LogP contribution in [-0.2, 0) is 0 Å². The van der Waals surface area contributed by atoms with Gasteiger partial charge in [-0.1, -0.05) is 19.1 Å². The monoisotopic (exact) mass is 145 g/mol. The van der Waals surface area contributed by atoms with Crippen LogP contribution < -0.4 is 10.4 Å². The molecule has 1 heterocycles. The van der Waals surface area contributed by atoms with Gasteiger partial charge in [-0.25, -0.2) is 0 Å². The molecule has 56 valence electrons. The molecule has 0 spiro atoms. The van der Waals surface area contributed by atoms with Crippen LogP contribution in [0.15, 0.2) is 18.5 Å². The molecule has 0 amide bonds. The third-order valence-corrected chi connectivity index (χ3v) is 2.06. The predicted octanol–water partition coefficient (Wildman–Crippen LogP) is 0.682. The first-order valence-electron chi connectivity index (χ1n) is 3.98. The van der Waals surface area contributed by atoms with Crippen molar-refractivity contribution in [1.82, 2.24) is 4.98 Å². The number of hydrogen-bond acceptors (Lipinski definition) is 1. The van der Waals surface area contributed by atoms with Gasteiger partial charge in [0.05, 0.1) is 0 Å². The summed E-state index contributed by atoms with van der Waals surface area (Å²) in [4.78, 5) is 4.08. The number of aromatic nitrogens is 1. The van der Waals surface area contributed by atoms with E-state index in [4.69, 9.17) is 0 Å². The minimum atomic E-state index is 0.673. The van der Waals surface area contributed by atoms with Gasteiger partial charge >= 0.3 is 0 Å². The molecule has 0 bridgehead atoms. The molecular formula is C10H11N. The molecule has 1 heteroatoms. The fourth-order valence-electron chi connectivity index (χ4n) is 1.43. The zero-order chi connectivity index (χ0) is 7.68. The second kappa shape index (κ2) is 2.50. The molecule has 1 aromatic heterocycles. The van der Waals surface area contributed by atoms with Gasteiger partial charge in [0.2, 0.25) is 0 Å². The number of rotatable bonds is 0. The van der Waals surface area contributed by atoms with Gasteiger partial charge in [-0.15, -0.1) is 0 Å². The van der Waals surface area contributed by atoms with Crippen LogP contribution in [0, 0.1) is 5.92 Å². The van der Waals surface area contributed by atoms with Crippen molar-refractivity contribution < 1.29 is 0 Å². The number of fused-ring (bicyclic) bond motifs is 1. The Morgan fingerprint density at radius 3 is 3.27 bits per heavy atom. The highest BCUT2D eigenvalue weighted by atomic mass is 14.6. The highest BCUT2D eigenvalue weighted by Gasteiger charge is 1.99. The third-order valence-electron chi connectivity index (χ3n) is 2.06. The van der Waals surface area contributed by atoms with E-state index in [1.807, 2.05) is 12.4 Å². The molecule has 1 aliphatic rings. The number of hydrogen-bond donors (Lipinski definition) is 0. The van der Waals surface area contributed by atoms with Gasteiger partial charge in [-0.05, 0) is 28.8 Å². The van der Waals surface area contributed by atoms with Gasteiger partial charge in [0, 0.05) is 12.4 Å². The molecule has 1 aliphatic carbocycles. The van der Waals surface area contributed by atoms with Gasteiger partial charge in [0.15, 0.2) is 0 Å². The zero-order valence-electron chi connectivity index (χ0n) is 6.62. The summed E-state index contributed by atoms with van der Waals surface area (Å²) in [5.41, 5.74) is 0. The van der Waals surface area contributed by atoms with E-state index >= 15 is 0 Å². The average Bonchev–Trinajstić information content (AvgIpc) is 2.04. The first kappa shape index (κ1) is 6.59. The summed E-state index contributed by atoms with van der Waals surface area (Å²) in [7, 11) is 0. The predicted molar refractivity (Wildman–Crippen MR) is 46.2 cm³/mol. The van der Waals surface area contributed by atoms with E-state index in [1.54, 1.807) is 0 Å². The Balaban J connectivity index is 2.73. The van der Waals surface area contributed by atoms with E-state index in [0.717, 1.165) is 6.42 Å². The summed E-state index contributed by atoms with van der Waals surface area (Å²) in [6.07, 6.45) is 9.50. The van der Waals surface area contributed by atoms with Crippen LogP contribution in [0.2, 0.25) is 0 Å². The Labute approximate surface area is 66.1 Å². The maximum Gasteiger partial charge on any atom is 0.0343 e. The maximum absolute atomic E-state index is 4.08. The summed E-state index contributed by atoms with van der Waals surface area (Å²) >= 11 is 0. The van der Waals surface area contributed by atoms with Gasteiger partial charge in [0.25, 0.3) is 0 Å². The van der Waals surface area contributed by atoms with Crippen LogP contribution in [0.3, 0.4) is 0 Å². The van der Waals surface area contributed by atoms with E-state index in [-0.39, 0.29) is 0 Å². The minimum absolute atomic E-state index is 0.673. The van der Waals surface area contributed by atoms with Crippen molar-refractivity contribution >= 4 is 12.2 Å². The molecule has 1 aromatic rings. The zero-order valence-corrected chi connectivity index (χ0v) is 6.62. The lowest BCUT2D eigenvalue weighted by atomic mass is 10.0. The van der Waals surface area contributed by atoms with Gasteiger partial charge in [-0.3, -0.25) is 4.98 Å². The standard InChI is InChI=1S/C10H11N/c1-8-2-3-9-4-5-11-7-10(9)6-8/h3-8H,2H2,1H3. The van der Waals surface area contributed by atoms with Crippen LogP contribution in [0.1, 0.15) is 13.3 Å². The van der Waals surface area contributed by atoms with E-state index < -0.39 is 0 Å². The third kappa shape index (κ3) is 1.18. The van der Waals surface area contributed by atoms with Crippen LogP contribution in [0.4, 0.5) is 0 Å². The Bertz CT molecular complexity index is 365. The Kier molecular flexibility index (Phi) is 1.50. The number of pyridine rings is 1. The molecule has 1 unspecified atom stereocenters. The van der Waals surface area contributed by atoms with Crippen LogP contribution in [0.5, 0.6) is 0 Å². The van der Waals surface area contributed by atoms with Gasteiger partial charge < -0.3 is 0 Å². The van der Waals surface area contributed by atoms with Crippen molar-refractivity contribution in [3.63, 3.8) is 0 Å². The first-order chi connectivity index (χ1) is 5.36. The maximum atomic E-state index is 4.08. The Morgan fingerprint density at radius 1 is 1.45 bits per heavy atom. The molecule has 0 saturated carbocycles. The quantitative estimate of drug-likeness (QED) is 0.523. The summed E-state index contributed by atoms with van der Waals surface area (Å²) in [6.45, 7) is 2.23. The largest absolute Gasteiger partial charge is 0.264 e. The molecule has 11 heavy (non-hydrogen) atoms. The first-order valence-corrected chi connectivity index (χ1v) is 3.98. The van der Waals surface area contributed by atoms with Gasteiger partial charge in [-0.2, -0.15) is 0 Å². The van der Waals surface area contributed by atoms with Crippen molar-refractivity contribution in [2.24, 2.45) is 5.92 Å². The molecule has 0 radical (unpaired) electrons. The summed E-state index contributed by atoms with van der Waals surface area (Å²) in [6, 6.07) is 2.07. The van der Waals surface area contributed by atoms with Crippen molar-refractivity contribution in [2.45, 2.75) is 13.3 Å². The summed E-state index contributed by atoms with van der Waals surface area (Å²) in [5, 5.41) is 2.62. The fourth-order valence-corrected chi connectivity index (χ4v) is 1.43. The summed E-state index contributed by atoms with van der Waals surface area (Å²) in [5.74, 6) is 0.673. The Morgan fingerprint density at radius 2 is 2.36 bits per heavy atom. The van der Waals surface area contributed by atoms with Crippen molar-refractivity contribution in [3.8, 4) is 0 Å². The van der Waals surface area contributed by atoms with Crippen LogP contribution >= 0.6 is 0 Å². The van der Waals surface area contributed by atoms with Crippen LogP contribution in [0.25, 0.3) is 12.2 Å². The molecule has 0 saturated heterocycles. The van der Waals surface area contributed by atoms with E-state index in [1.165, 1.54) is 10.4 Å². The lowest BCUT2D eigenvalue weighted by Crippen LogP contribution is -2.28. The summed E-state index contributed by atoms with van der Waals surface area (Å²) < 4.78 is 0. The fraction of sp³-hybridized carbons (Fsp3) is 0.300. The lowest BCUT2D eigenvalue weighted by molar-refractivity contribution is 0.799. The Hall–Kier alpha value is -1.11. The van der Waals surface area contributed by atoms with E-state index in [2.05, 4.69) is 30.1 Å². The van der Waals surface area contributed by atoms with Crippen molar-refractivity contribution in [3.05, 3.63) is 28.9 Å². The molecular weight excluding hydrogens is 134 g/mol. The van der Waals surface area contributed by atoms with Crippen molar-refractivity contribution in [2.75, 3.05) is 0 Å². The van der Waals surface area contributed by atoms with Crippen LogP contribution in [-0.4, -0.2) is 4.98 Å². The lowest BCUT2D eigenvalue weighted by Gasteiger charge is -2.05. The van der Waals surface area contributed by atoms with E-state index in [9.17, 15) is 0 Å². The van der Waals surface area contributed by atoms with Gasteiger partial charge in [0.1, 0.15) is 0 Å².